The van der Waals surface area contributed by atoms with Gasteiger partial charge in [0.25, 0.3) is 0 Å². The van der Waals surface area contributed by atoms with E-state index in [0.29, 0.717) is 6.61 Å². The number of amides is 1. The quantitative estimate of drug-likeness (QED) is 0.390. The molecule has 0 aliphatic carbocycles. The molecule has 1 aliphatic rings. The van der Waals surface area contributed by atoms with Crippen LogP contribution in [0, 0.1) is 0 Å². The van der Waals surface area contributed by atoms with Crippen LogP contribution in [0.4, 0.5) is 5.69 Å². The summed E-state index contributed by atoms with van der Waals surface area (Å²) < 4.78 is 12.3. The zero-order chi connectivity index (χ0) is 16.9. The third kappa shape index (κ3) is 3.80. The molecule has 3 rings (SSSR count). The van der Waals surface area contributed by atoms with E-state index in [-0.39, 0.29) is 11.2 Å². The second-order valence-corrected chi connectivity index (χ2v) is 7.50. The van der Waals surface area contributed by atoms with Gasteiger partial charge in [0.15, 0.2) is 0 Å². The van der Waals surface area contributed by atoms with Crippen LogP contribution in [-0.4, -0.2) is 24.1 Å². The van der Waals surface area contributed by atoms with Crippen LogP contribution in [0.25, 0.3) is 0 Å². The number of thioether (sulfide) groups is 1. The number of methoxy groups -OCH3 is 1. The van der Waals surface area contributed by atoms with E-state index < -0.39 is 0 Å². The molecule has 0 saturated heterocycles. The third-order valence-corrected chi connectivity index (χ3v) is 5.74. The summed E-state index contributed by atoms with van der Waals surface area (Å²) in [6, 6.07) is 13.5. The average molecular weight is 455 g/mol. The standard InChI is InChI=1S/C18H18INO3S/c1-22-12-7-8-15(23-10-4-9-19)13(11-12)17-18(21)20-14-5-2-3-6-16(14)24-17/h2-3,5-8,11,17H,4,9-10H2,1H3,(H,20,21). The topological polar surface area (TPSA) is 47.6 Å². The largest absolute Gasteiger partial charge is 0.497 e. The van der Waals surface area contributed by atoms with Gasteiger partial charge in [-0.1, -0.05) is 34.7 Å². The number of hydrogen-bond acceptors (Lipinski definition) is 4. The van der Waals surface area contributed by atoms with E-state index in [2.05, 4.69) is 27.9 Å². The van der Waals surface area contributed by atoms with E-state index >= 15 is 0 Å². The highest BCUT2D eigenvalue weighted by Gasteiger charge is 2.31. The molecule has 0 aromatic heterocycles. The van der Waals surface area contributed by atoms with E-state index in [1.165, 1.54) is 0 Å². The lowest BCUT2D eigenvalue weighted by molar-refractivity contribution is -0.115. The van der Waals surface area contributed by atoms with Crippen molar-refractivity contribution in [3.8, 4) is 11.5 Å². The van der Waals surface area contributed by atoms with Crippen molar-refractivity contribution < 1.29 is 14.3 Å². The molecule has 1 heterocycles. The number of alkyl halides is 1. The fraction of sp³-hybridized carbons (Fsp3) is 0.278. The van der Waals surface area contributed by atoms with Crippen LogP contribution in [0.1, 0.15) is 17.2 Å². The Balaban J connectivity index is 1.93. The summed E-state index contributed by atoms with van der Waals surface area (Å²) in [5, 5.41) is 2.63. The Morgan fingerprint density at radius 1 is 1.25 bits per heavy atom. The van der Waals surface area contributed by atoms with Crippen molar-refractivity contribution in [2.45, 2.75) is 16.6 Å². The van der Waals surface area contributed by atoms with Gasteiger partial charge in [-0.2, -0.15) is 0 Å². The highest BCUT2D eigenvalue weighted by Crippen LogP contribution is 2.46. The first-order chi connectivity index (χ1) is 11.7. The van der Waals surface area contributed by atoms with Crippen LogP contribution in [-0.2, 0) is 4.79 Å². The first kappa shape index (κ1) is 17.4. The lowest BCUT2D eigenvalue weighted by atomic mass is 10.1. The predicted molar refractivity (Wildman–Crippen MR) is 106 cm³/mol. The minimum Gasteiger partial charge on any atom is -0.497 e. The molecule has 4 nitrogen and oxygen atoms in total. The van der Waals surface area contributed by atoms with Crippen molar-refractivity contribution in [1.29, 1.82) is 0 Å². The molecule has 2 aromatic rings. The molecule has 2 aromatic carbocycles. The molecule has 0 spiro atoms. The van der Waals surface area contributed by atoms with E-state index in [9.17, 15) is 4.79 Å². The summed E-state index contributed by atoms with van der Waals surface area (Å²) in [4.78, 5) is 13.7. The van der Waals surface area contributed by atoms with Gasteiger partial charge in [-0.05, 0) is 36.8 Å². The van der Waals surface area contributed by atoms with E-state index in [0.717, 1.165) is 38.5 Å². The van der Waals surface area contributed by atoms with Gasteiger partial charge in [0, 0.05) is 14.9 Å². The van der Waals surface area contributed by atoms with Crippen molar-refractivity contribution in [1.82, 2.24) is 0 Å². The van der Waals surface area contributed by atoms with E-state index in [1.54, 1.807) is 18.9 Å². The molecule has 0 bridgehead atoms. The molecule has 126 valence electrons. The number of benzene rings is 2. The monoisotopic (exact) mass is 455 g/mol. The van der Waals surface area contributed by atoms with Gasteiger partial charge in [-0.3, -0.25) is 4.79 Å². The lowest BCUT2D eigenvalue weighted by Gasteiger charge is -2.26. The van der Waals surface area contributed by atoms with Crippen LogP contribution in [0.15, 0.2) is 47.4 Å². The third-order valence-electron chi connectivity index (χ3n) is 3.66. The average Bonchev–Trinajstić information content (AvgIpc) is 2.61. The number of carbonyl (C=O) groups excluding carboxylic acids is 1. The van der Waals surface area contributed by atoms with Gasteiger partial charge in [0.05, 0.1) is 19.4 Å². The number of para-hydroxylation sites is 1. The first-order valence-corrected chi connectivity index (χ1v) is 10.1. The number of halogens is 1. The summed E-state index contributed by atoms with van der Waals surface area (Å²) in [6.07, 6.45) is 0.971. The fourth-order valence-electron chi connectivity index (χ4n) is 2.48. The SMILES string of the molecule is COc1ccc(OCCCI)c(C2Sc3ccccc3NC2=O)c1. The van der Waals surface area contributed by atoms with Crippen LogP contribution in [0.5, 0.6) is 11.5 Å². The molecule has 1 amide bonds. The second-order valence-electron chi connectivity index (χ2n) is 5.28. The maximum Gasteiger partial charge on any atom is 0.242 e. The summed E-state index contributed by atoms with van der Waals surface area (Å²) in [7, 11) is 1.62. The molecule has 24 heavy (non-hydrogen) atoms. The Morgan fingerprint density at radius 2 is 2.08 bits per heavy atom. The smallest absolute Gasteiger partial charge is 0.242 e. The van der Waals surface area contributed by atoms with Crippen LogP contribution < -0.4 is 14.8 Å². The molecule has 0 saturated carbocycles. The minimum atomic E-state index is -0.357. The maximum atomic E-state index is 12.6. The number of ether oxygens (including phenoxy) is 2. The van der Waals surface area contributed by atoms with Gasteiger partial charge >= 0.3 is 0 Å². The van der Waals surface area contributed by atoms with Crippen LogP contribution in [0.2, 0.25) is 0 Å². The Bertz CT molecular complexity index is 738. The summed E-state index contributed by atoms with van der Waals surface area (Å²) in [5.41, 5.74) is 1.71. The van der Waals surface area contributed by atoms with Gasteiger partial charge in [0.1, 0.15) is 16.7 Å². The minimum absolute atomic E-state index is 0.0364. The molecule has 1 aliphatic heterocycles. The first-order valence-electron chi connectivity index (χ1n) is 7.66. The number of nitrogens with one attached hydrogen (secondary N) is 1. The molecule has 0 radical (unpaired) electrons. The Labute approximate surface area is 159 Å². The van der Waals surface area contributed by atoms with Crippen molar-refractivity contribution in [3.63, 3.8) is 0 Å². The lowest BCUT2D eigenvalue weighted by Crippen LogP contribution is -2.23. The highest BCUT2D eigenvalue weighted by atomic mass is 127. The Kier molecular flexibility index (Phi) is 5.89. The second kappa shape index (κ2) is 8.11. The van der Waals surface area contributed by atoms with Gasteiger partial charge in [-0.25, -0.2) is 0 Å². The molecule has 6 heteroatoms. The van der Waals surface area contributed by atoms with Crippen molar-refractivity contribution in [3.05, 3.63) is 48.0 Å². The van der Waals surface area contributed by atoms with Crippen LogP contribution >= 0.6 is 34.4 Å². The summed E-state index contributed by atoms with van der Waals surface area (Å²) in [6.45, 7) is 0.637. The highest BCUT2D eigenvalue weighted by molar-refractivity contribution is 14.1. The van der Waals surface area contributed by atoms with Crippen molar-refractivity contribution in [2.75, 3.05) is 23.5 Å². The molecule has 1 N–H and O–H groups in total. The van der Waals surface area contributed by atoms with Crippen molar-refractivity contribution >= 4 is 45.9 Å². The zero-order valence-corrected chi connectivity index (χ0v) is 16.2. The van der Waals surface area contributed by atoms with Crippen LogP contribution in [0.3, 0.4) is 0 Å². The zero-order valence-electron chi connectivity index (χ0n) is 13.3. The Hall–Kier alpha value is -1.41. The fourth-order valence-corrected chi connectivity index (χ4v) is 3.93. The maximum absolute atomic E-state index is 12.6. The summed E-state index contributed by atoms with van der Waals surface area (Å²) >= 11 is 3.87. The van der Waals surface area contributed by atoms with Crippen molar-refractivity contribution in [2.24, 2.45) is 0 Å². The molecule has 0 fully saturated rings. The van der Waals surface area contributed by atoms with Gasteiger partial charge < -0.3 is 14.8 Å². The number of fused-ring (bicyclic) bond motifs is 1. The molecular weight excluding hydrogens is 437 g/mol. The van der Waals surface area contributed by atoms with Gasteiger partial charge in [0.2, 0.25) is 5.91 Å². The van der Waals surface area contributed by atoms with E-state index in [1.807, 2.05) is 42.5 Å². The van der Waals surface area contributed by atoms with Gasteiger partial charge in [-0.15, -0.1) is 11.8 Å². The normalized spacial score (nSPS) is 16.2. The number of rotatable bonds is 6. The number of carbonyl (C=O) groups is 1. The number of anilines is 1. The number of hydrogen-bond donors (Lipinski definition) is 1. The Morgan fingerprint density at radius 3 is 2.88 bits per heavy atom. The molecule has 1 atom stereocenters. The van der Waals surface area contributed by atoms with E-state index in [4.69, 9.17) is 9.47 Å². The summed E-state index contributed by atoms with van der Waals surface area (Å²) in [5.74, 6) is 1.43. The molecule has 1 unspecified atom stereocenters. The predicted octanol–water partition coefficient (Wildman–Crippen LogP) is 4.68. The molecular formula is C18H18INO3S.